The first-order chi connectivity index (χ1) is 11.6. The molecule has 9 nitrogen and oxygen atoms in total. The van der Waals surface area contributed by atoms with Crippen molar-refractivity contribution in [2.24, 2.45) is 5.41 Å². The molecule has 9 heteroatoms. The summed E-state index contributed by atoms with van der Waals surface area (Å²) >= 11 is 0. The Morgan fingerprint density at radius 1 is 1.24 bits per heavy atom. The monoisotopic (exact) mass is 355 g/mol. The number of amides is 4. The zero-order chi connectivity index (χ0) is 19.0. The Kier molecular flexibility index (Phi) is 4.97. The summed E-state index contributed by atoms with van der Waals surface area (Å²) in [6, 6.07) is -0.478. The van der Waals surface area contributed by atoms with E-state index in [2.05, 4.69) is 0 Å². The van der Waals surface area contributed by atoms with Crippen LogP contribution in [0.1, 0.15) is 34.1 Å². The second kappa shape index (κ2) is 6.53. The van der Waals surface area contributed by atoms with Crippen LogP contribution in [0.2, 0.25) is 0 Å². The minimum atomic E-state index is -1.20. The van der Waals surface area contributed by atoms with Gasteiger partial charge in [0, 0.05) is 19.6 Å². The number of carboxylic acid groups (broad SMARTS) is 1. The van der Waals surface area contributed by atoms with Crippen molar-refractivity contribution in [2.75, 3.05) is 32.8 Å². The molecule has 2 saturated heterocycles. The van der Waals surface area contributed by atoms with Crippen molar-refractivity contribution in [1.29, 1.82) is 0 Å². The van der Waals surface area contributed by atoms with Crippen LogP contribution < -0.4 is 0 Å². The van der Waals surface area contributed by atoms with E-state index in [-0.39, 0.29) is 32.8 Å². The van der Waals surface area contributed by atoms with E-state index in [0.29, 0.717) is 6.42 Å². The summed E-state index contributed by atoms with van der Waals surface area (Å²) in [5.41, 5.74) is -2.24. The van der Waals surface area contributed by atoms with Crippen LogP contribution >= 0.6 is 0 Å². The van der Waals surface area contributed by atoms with E-state index in [4.69, 9.17) is 4.74 Å². The SMILES string of the molecule is CCOC(=O)C(C)(C)CN1C(=O)N2CCN(C(=O)O)CC2(CC)C1=O. The number of hydrogen-bond acceptors (Lipinski definition) is 5. The number of piperazine rings is 1. The average Bonchev–Trinajstić information content (AvgIpc) is 2.76. The van der Waals surface area contributed by atoms with E-state index in [9.17, 15) is 24.3 Å². The van der Waals surface area contributed by atoms with Crippen molar-refractivity contribution < 1.29 is 29.0 Å². The normalized spacial score (nSPS) is 23.8. The number of esters is 1. The third-order valence-corrected chi connectivity index (χ3v) is 4.90. The van der Waals surface area contributed by atoms with Gasteiger partial charge in [0.05, 0.1) is 18.6 Å². The van der Waals surface area contributed by atoms with Gasteiger partial charge in [-0.25, -0.2) is 9.59 Å². The summed E-state index contributed by atoms with van der Waals surface area (Å²) in [6.07, 6.45) is -0.810. The number of carbonyl (C=O) groups is 4. The predicted molar refractivity (Wildman–Crippen MR) is 86.8 cm³/mol. The number of carbonyl (C=O) groups excluding carboxylic acids is 3. The van der Waals surface area contributed by atoms with Gasteiger partial charge in [0.15, 0.2) is 0 Å². The summed E-state index contributed by atoms with van der Waals surface area (Å²) in [6.45, 7) is 7.04. The third-order valence-electron chi connectivity index (χ3n) is 4.90. The zero-order valence-electron chi connectivity index (χ0n) is 15.1. The topological polar surface area (TPSA) is 107 Å². The molecule has 25 heavy (non-hydrogen) atoms. The van der Waals surface area contributed by atoms with Gasteiger partial charge >= 0.3 is 18.1 Å². The fraction of sp³-hybridized carbons (Fsp3) is 0.750. The lowest BCUT2D eigenvalue weighted by Gasteiger charge is -2.42. The fourth-order valence-corrected chi connectivity index (χ4v) is 3.40. The molecule has 2 heterocycles. The number of ether oxygens (including phenoxy) is 1. The first-order valence-electron chi connectivity index (χ1n) is 8.39. The Balaban J connectivity index is 2.29. The van der Waals surface area contributed by atoms with E-state index in [1.807, 2.05) is 0 Å². The quantitative estimate of drug-likeness (QED) is 0.582. The molecule has 2 aliphatic rings. The Morgan fingerprint density at radius 2 is 1.88 bits per heavy atom. The molecule has 0 saturated carbocycles. The lowest BCUT2D eigenvalue weighted by molar-refractivity contribution is -0.154. The molecule has 0 aromatic carbocycles. The molecular formula is C16H25N3O6. The molecule has 2 rings (SSSR count). The Bertz CT molecular complexity index is 605. The molecule has 1 unspecified atom stereocenters. The third kappa shape index (κ3) is 3.03. The Labute approximate surface area is 146 Å². The average molecular weight is 355 g/mol. The highest BCUT2D eigenvalue weighted by molar-refractivity contribution is 6.08. The molecule has 2 fully saturated rings. The highest BCUT2D eigenvalue weighted by Crippen LogP contribution is 2.36. The van der Waals surface area contributed by atoms with E-state index in [1.165, 1.54) is 4.90 Å². The van der Waals surface area contributed by atoms with Gasteiger partial charge in [-0.1, -0.05) is 6.92 Å². The first kappa shape index (κ1) is 19.0. The maximum Gasteiger partial charge on any atom is 0.407 e. The van der Waals surface area contributed by atoms with E-state index in [0.717, 1.165) is 9.80 Å². The minimum Gasteiger partial charge on any atom is -0.466 e. The van der Waals surface area contributed by atoms with Crippen LogP contribution in [-0.2, 0) is 14.3 Å². The van der Waals surface area contributed by atoms with Crippen LogP contribution in [0.5, 0.6) is 0 Å². The van der Waals surface area contributed by atoms with Crippen molar-refractivity contribution in [3.05, 3.63) is 0 Å². The van der Waals surface area contributed by atoms with Gasteiger partial charge in [0.2, 0.25) is 0 Å². The van der Waals surface area contributed by atoms with Crippen molar-refractivity contribution in [1.82, 2.24) is 14.7 Å². The van der Waals surface area contributed by atoms with Crippen LogP contribution in [0.4, 0.5) is 9.59 Å². The predicted octanol–water partition coefficient (Wildman–Crippen LogP) is 0.982. The lowest BCUT2D eigenvalue weighted by atomic mass is 9.89. The summed E-state index contributed by atoms with van der Waals surface area (Å²) in [4.78, 5) is 52.8. The van der Waals surface area contributed by atoms with Crippen molar-refractivity contribution >= 4 is 24.0 Å². The highest BCUT2D eigenvalue weighted by Gasteiger charge is 2.60. The highest BCUT2D eigenvalue weighted by atomic mass is 16.5. The van der Waals surface area contributed by atoms with Crippen molar-refractivity contribution in [3.63, 3.8) is 0 Å². The second-order valence-corrected chi connectivity index (χ2v) is 7.02. The van der Waals surface area contributed by atoms with E-state index >= 15 is 0 Å². The van der Waals surface area contributed by atoms with Gasteiger partial charge in [0.25, 0.3) is 5.91 Å². The van der Waals surface area contributed by atoms with Gasteiger partial charge in [0.1, 0.15) is 5.54 Å². The van der Waals surface area contributed by atoms with Crippen LogP contribution in [0.25, 0.3) is 0 Å². The minimum absolute atomic E-state index is 0.0558. The number of fused-ring (bicyclic) bond motifs is 1. The molecule has 4 amide bonds. The zero-order valence-corrected chi connectivity index (χ0v) is 15.1. The van der Waals surface area contributed by atoms with Crippen LogP contribution in [-0.4, -0.2) is 82.1 Å². The summed E-state index contributed by atoms with van der Waals surface area (Å²) in [5.74, 6) is -0.943. The van der Waals surface area contributed by atoms with Gasteiger partial charge in [-0.2, -0.15) is 0 Å². The van der Waals surface area contributed by atoms with Gasteiger partial charge in [-0.3, -0.25) is 14.5 Å². The maximum absolute atomic E-state index is 13.0. The number of imide groups is 1. The number of urea groups is 1. The number of nitrogens with zero attached hydrogens (tertiary/aromatic N) is 3. The second-order valence-electron chi connectivity index (χ2n) is 7.02. The molecule has 1 atom stereocenters. The molecule has 1 N–H and O–H groups in total. The Hall–Kier alpha value is -2.32. The standard InChI is InChI=1S/C16H25N3O6/c1-5-16-10-17(14(23)24)7-8-19(16)13(22)18(11(16)20)9-15(3,4)12(21)25-6-2/h5-10H2,1-4H3,(H,23,24). The van der Waals surface area contributed by atoms with Gasteiger partial charge in [-0.05, 0) is 27.2 Å². The van der Waals surface area contributed by atoms with Crippen LogP contribution in [0.15, 0.2) is 0 Å². The molecule has 0 spiro atoms. The van der Waals surface area contributed by atoms with Crippen molar-refractivity contribution in [3.8, 4) is 0 Å². The summed E-state index contributed by atoms with van der Waals surface area (Å²) in [7, 11) is 0. The van der Waals surface area contributed by atoms with Gasteiger partial charge < -0.3 is 19.6 Å². The summed E-state index contributed by atoms with van der Waals surface area (Å²) in [5, 5.41) is 9.24. The van der Waals surface area contributed by atoms with Crippen LogP contribution in [0, 0.1) is 5.41 Å². The first-order valence-corrected chi connectivity index (χ1v) is 8.39. The Morgan fingerprint density at radius 3 is 2.40 bits per heavy atom. The molecule has 0 bridgehead atoms. The lowest BCUT2D eigenvalue weighted by Crippen LogP contribution is -2.63. The summed E-state index contributed by atoms with van der Waals surface area (Å²) < 4.78 is 5.02. The van der Waals surface area contributed by atoms with E-state index in [1.54, 1.807) is 27.7 Å². The molecule has 0 radical (unpaired) electrons. The number of hydrogen-bond donors (Lipinski definition) is 1. The van der Waals surface area contributed by atoms with Gasteiger partial charge in [-0.15, -0.1) is 0 Å². The molecular weight excluding hydrogens is 330 g/mol. The molecule has 0 aromatic rings. The van der Waals surface area contributed by atoms with Crippen LogP contribution in [0.3, 0.4) is 0 Å². The molecule has 140 valence electrons. The molecule has 2 aliphatic heterocycles. The molecule has 0 aromatic heterocycles. The smallest absolute Gasteiger partial charge is 0.407 e. The largest absolute Gasteiger partial charge is 0.466 e. The fourth-order valence-electron chi connectivity index (χ4n) is 3.40. The molecule has 0 aliphatic carbocycles. The maximum atomic E-state index is 13.0. The number of rotatable bonds is 5. The van der Waals surface area contributed by atoms with E-state index < -0.39 is 35.0 Å². The van der Waals surface area contributed by atoms with Crippen molar-refractivity contribution in [2.45, 2.75) is 39.7 Å².